The maximum Gasteiger partial charge on any atom is 0.148 e. The molecule has 0 spiro atoms. The summed E-state index contributed by atoms with van der Waals surface area (Å²) in [5.41, 5.74) is 2.08. The molecule has 1 aromatic heterocycles. The van der Waals surface area contributed by atoms with Crippen LogP contribution in [0.3, 0.4) is 0 Å². The van der Waals surface area contributed by atoms with E-state index in [0.29, 0.717) is 13.2 Å². The summed E-state index contributed by atoms with van der Waals surface area (Å²) >= 11 is 1.58. The highest BCUT2D eigenvalue weighted by Gasteiger charge is 2.09. The van der Waals surface area contributed by atoms with Crippen LogP contribution in [-0.2, 0) is 0 Å². The fraction of sp³-hybridized carbons (Fsp3) is 0.357. The Bertz CT molecular complexity index is 911. The molecule has 0 saturated carbocycles. The van der Waals surface area contributed by atoms with Gasteiger partial charge in [0.25, 0.3) is 0 Å². The SMILES string of the molecule is CCCCC=CCOc1ccc(-c2nnc(-c3ccc(OCC=CCCCC)cc3)s2)cc1. The van der Waals surface area contributed by atoms with Crippen LogP contribution in [0.2, 0.25) is 0 Å². The van der Waals surface area contributed by atoms with Gasteiger partial charge in [0.2, 0.25) is 0 Å². The molecule has 0 amide bonds. The van der Waals surface area contributed by atoms with Crippen molar-refractivity contribution in [3.63, 3.8) is 0 Å². The number of aromatic nitrogens is 2. The molecule has 174 valence electrons. The lowest BCUT2D eigenvalue weighted by molar-refractivity contribution is 0.362. The molecule has 0 unspecified atom stereocenters. The lowest BCUT2D eigenvalue weighted by atomic mass is 10.2. The van der Waals surface area contributed by atoms with Crippen molar-refractivity contribution in [2.24, 2.45) is 0 Å². The Morgan fingerprint density at radius 1 is 0.636 bits per heavy atom. The van der Waals surface area contributed by atoms with E-state index in [-0.39, 0.29) is 0 Å². The van der Waals surface area contributed by atoms with Gasteiger partial charge in [-0.2, -0.15) is 0 Å². The number of allylic oxidation sites excluding steroid dienone is 2. The fourth-order valence-electron chi connectivity index (χ4n) is 3.15. The van der Waals surface area contributed by atoms with Crippen LogP contribution in [0.5, 0.6) is 11.5 Å². The molecule has 3 aromatic rings. The van der Waals surface area contributed by atoms with Gasteiger partial charge in [-0.25, -0.2) is 0 Å². The van der Waals surface area contributed by atoms with E-state index in [0.717, 1.165) is 45.5 Å². The third kappa shape index (κ3) is 8.50. The zero-order valence-corrected chi connectivity index (χ0v) is 20.5. The molecule has 0 aliphatic carbocycles. The summed E-state index contributed by atoms with van der Waals surface area (Å²) < 4.78 is 11.6. The molecular formula is C28H34N2O2S. The highest BCUT2D eigenvalue weighted by Crippen LogP contribution is 2.31. The molecular weight excluding hydrogens is 428 g/mol. The first-order valence-electron chi connectivity index (χ1n) is 11.9. The van der Waals surface area contributed by atoms with E-state index in [2.05, 4.69) is 48.3 Å². The Kier molecular flexibility index (Phi) is 10.7. The monoisotopic (exact) mass is 462 g/mol. The van der Waals surface area contributed by atoms with Crippen LogP contribution >= 0.6 is 11.3 Å². The second-order valence-electron chi connectivity index (χ2n) is 7.81. The van der Waals surface area contributed by atoms with E-state index >= 15 is 0 Å². The van der Waals surface area contributed by atoms with Gasteiger partial charge in [-0.3, -0.25) is 0 Å². The summed E-state index contributed by atoms with van der Waals surface area (Å²) in [7, 11) is 0. The van der Waals surface area contributed by atoms with Crippen LogP contribution in [0.15, 0.2) is 72.8 Å². The summed E-state index contributed by atoms with van der Waals surface area (Å²) in [6, 6.07) is 16.1. The van der Waals surface area contributed by atoms with Crippen molar-refractivity contribution in [3.8, 4) is 32.6 Å². The Morgan fingerprint density at radius 2 is 1.06 bits per heavy atom. The van der Waals surface area contributed by atoms with Crippen LogP contribution in [0.25, 0.3) is 21.1 Å². The van der Waals surface area contributed by atoms with E-state index in [1.54, 1.807) is 11.3 Å². The summed E-state index contributed by atoms with van der Waals surface area (Å²) in [6.45, 7) is 5.60. The predicted molar refractivity (Wildman–Crippen MR) is 139 cm³/mol. The van der Waals surface area contributed by atoms with Crippen LogP contribution in [0.4, 0.5) is 0 Å². The molecule has 1 heterocycles. The highest BCUT2D eigenvalue weighted by atomic mass is 32.1. The van der Waals surface area contributed by atoms with Gasteiger partial charge in [-0.05, 0) is 61.4 Å². The molecule has 0 fully saturated rings. The van der Waals surface area contributed by atoms with Gasteiger partial charge in [0, 0.05) is 11.1 Å². The highest BCUT2D eigenvalue weighted by molar-refractivity contribution is 7.17. The first-order valence-corrected chi connectivity index (χ1v) is 12.7. The van der Waals surface area contributed by atoms with E-state index in [1.807, 2.05) is 48.5 Å². The fourth-order valence-corrected chi connectivity index (χ4v) is 4.00. The topological polar surface area (TPSA) is 44.2 Å². The number of hydrogen-bond acceptors (Lipinski definition) is 5. The standard InChI is InChI=1S/C28H34N2O2S/c1-3-5-7-9-11-21-31-25-17-13-23(14-18-25)27-29-30-28(33-27)24-15-19-26(20-16-24)32-22-12-10-8-6-4-2/h9-20H,3-8,21-22H2,1-2H3. The smallest absolute Gasteiger partial charge is 0.148 e. The molecule has 2 aromatic carbocycles. The van der Waals surface area contributed by atoms with Crippen LogP contribution < -0.4 is 9.47 Å². The minimum absolute atomic E-state index is 0.598. The van der Waals surface area contributed by atoms with Gasteiger partial charge < -0.3 is 9.47 Å². The van der Waals surface area contributed by atoms with Gasteiger partial charge in [0.05, 0.1) is 0 Å². The van der Waals surface area contributed by atoms with Crippen molar-refractivity contribution in [1.82, 2.24) is 10.2 Å². The summed E-state index contributed by atoms with van der Waals surface area (Å²) in [4.78, 5) is 0. The number of benzene rings is 2. The van der Waals surface area contributed by atoms with Gasteiger partial charge in [0.15, 0.2) is 0 Å². The van der Waals surface area contributed by atoms with Crippen molar-refractivity contribution in [2.45, 2.75) is 52.4 Å². The first-order chi connectivity index (χ1) is 16.3. The molecule has 0 atom stereocenters. The largest absolute Gasteiger partial charge is 0.490 e. The lowest BCUT2D eigenvalue weighted by Gasteiger charge is -2.04. The molecule has 4 nitrogen and oxygen atoms in total. The van der Waals surface area contributed by atoms with Gasteiger partial charge >= 0.3 is 0 Å². The van der Waals surface area contributed by atoms with Gasteiger partial charge in [-0.1, -0.05) is 75.2 Å². The molecule has 3 rings (SSSR count). The number of hydrogen-bond donors (Lipinski definition) is 0. The van der Waals surface area contributed by atoms with Crippen LogP contribution in [-0.4, -0.2) is 23.4 Å². The molecule has 33 heavy (non-hydrogen) atoms. The zero-order valence-electron chi connectivity index (χ0n) is 19.7. The normalized spacial score (nSPS) is 11.5. The molecule has 0 saturated heterocycles. The van der Waals surface area contributed by atoms with Gasteiger partial charge in [-0.15, -0.1) is 10.2 Å². The van der Waals surface area contributed by atoms with Crippen molar-refractivity contribution in [1.29, 1.82) is 0 Å². The Balaban J connectivity index is 1.51. The Morgan fingerprint density at radius 3 is 1.45 bits per heavy atom. The average Bonchev–Trinajstić information content (AvgIpc) is 3.35. The van der Waals surface area contributed by atoms with E-state index in [9.17, 15) is 0 Å². The van der Waals surface area contributed by atoms with Crippen LogP contribution in [0, 0.1) is 0 Å². The number of ether oxygens (including phenoxy) is 2. The average molecular weight is 463 g/mol. The quantitative estimate of drug-likeness (QED) is 0.179. The van der Waals surface area contributed by atoms with E-state index in [4.69, 9.17) is 9.47 Å². The maximum absolute atomic E-state index is 5.78. The van der Waals surface area contributed by atoms with E-state index < -0.39 is 0 Å². The molecule has 5 heteroatoms. The minimum atomic E-state index is 0.598. The van der Waals surface area contributed by atoms with Gasteiger partial charge in [0.1, 0.15) is 34.7 Å². The second kappa shape index (κ2) is 14.3. The molecule has 0 bridgehead atoms. The Hall–Kier alpha value is -2.92. The zero-order chi connectivity index (χ0) is 23.1. The number of nitrogens with zero attached hydrogens (tertiary/aromatic N) is 2. The van der Waals surface area contributed by atoms with E-state index in [1.165, 1.54) is 25.7 Å². The second-order valence-corrected chi connectivity index (χ2v) is 8.79. The van der Waals surface area contributed by atoms with Crippen molar-refractivity contribution in [3.05, 3.63) is 72.8 Å². The molecule has 0 N–H and O–H groups in total. The third-order valence-electron chi connectivity index (χ3n) is 5.10. The maximum atomic E-state index is 5.78. The number of rotatable bonds is 14. The molecule has 0 aliphatic heterocycles. The third-order valence-corrected chi connectivity index (χ3v) is 6.12. The van der Waals surface area contributed by atoms with Crippen molar-refractivity contribution >= 4 is 11.3 Å². The molecule has 0 radical (unpaired) electrons. The summed E-state index contributed by atoms with van der Waals surface area (Å²) in [5.74, 6) is 1.72. The van der Waals surface area contributed by atoms with Crippen LogP contribution in [0.1, 0.15) is 52.4 Å². The Labute approximate surface area is 202 Å². The van der Waals surface area contributed by atoms with Crippen molar-refractivity contribution in [2.75, 3.05) is 13.2 Å². The predicted octanol–water partition coefficient (Wildman–Crippen LogP) is 8.12. The first kappa shape index (κ1) is 24.7. The number of unbranched alkanes of at least 4 members (excludes halogenated alkanes) is 4. The summed E-state index contributed by atoms with van der Waals surface area (Å²) in [5, 5.41) is 10.6. The lowest BCUT2D eigenvalue weighted by Crippen LogP contribution is -1.93. The molecule has 0 aliphatic rings. The minimum Gasteiger partial charge on any atom is -0.490 e. The summed E-state index contributed by atoms with van der Waals surface area (Å²) in [6.07, 6.45) is 15.7. The van der Waals surface area contributed by atoms with Crippen molar-refractivity contribution < 1.29 is 9.47 Å².